The van der Waals surface area contributed by atoms with Gasteiger partial charge in [0.15, 0.2) is 12.4 Å². The van der Waals surface area contributed by atoms with E-state index >= 15 is 0 Å². The highest BCUT2D eigenvalue weighted by atomic mass is 127. The highest BCUT2D eigenvalue weighted by Gasteiger charge is 2.51. The first-order chi connectivity index (χ1) is 20.0. The van der Waals surface area contributed by atoms with Crippen molar-refractivity contribution in [2.24, 2.45) is 4.99 Å². The summed E-state index contributed by atoms with van der Waals surface area (Å²) < 4.78 is 23.9. The van der Waals surface area contributed by atoms with E-state index in [-0.39, 0.29) is 27.0 Å². The Morgan fingerprint density at radius 1 is 0.905 bits per heavy atom. The largest absolute Gasteiger partial charge is 0.469 e. The Hall–Kier alpha value is -1.17. The van der Waals surface area contributed by atoms with Crippen molar-refractivity contribution in [1.82, 2.24) is 0 Å². The molecule has 0 N–H and O–H groups in total. The van der Waals surface area contributed by atoms with Crippen molar-refractivity contribution in [3.05, 3.63) is 96.6 Å². The third-order valence-electron chi connectivity index (χ3n) is 7.74. The molecule has 2 aliphatic heterocycles. The molecule has 0 bridgehead atoms. The average Bonchev–Trinajstić information content (AvgIpc) is 2.98. The smallest absolute Gasteiger partial charge is 0.266 e. The van der Waals surface area contributed by atoms with Crippen molar-refractivity contribution in [3.8, 4) is 0 Å². The lowest BCUT2D eigenvalue weighted by atomic mass is 9.98. The number of ether oxygens (including phenoxy) is 3. The maximum atomic E-state index is 7.16. The predicted octanol–water partition coefficient (Wildman–Crippen LogP) is 7.41. The highest BCUT2D eigenvalue weighted by molar-refractivity contribution is 14.1. The van der Waals surface area contributed by atoms with Crippen LogP contribution in [0.25, 0.3) is 0 Å². The summed E-state index contributed by atoms with van der Waals surface area (Å²) in [5.74, 6) is 0.0682. The molecule has 224 valence electrons. The predicted molar refractivity (Wildman–Crippen MR) is 182 cm³/mol. The van der Waals surface area contributed by atoms with Crippen LogP contribution < -0.4 is 10.4 Å². The van der Waals surface area contributed by atoms with E-state index < -0.39 is 24.5 Å². The molecule has 1 fully saturated rings. The van der Waals surface area contributed by atoms with Gasteiger partial charge in [0.05, 0.1) is 12.6 Å². The van der Waals surface area contributed by atoms with Gasteiger partial charge in [-0.25, -0.2) is 4.99 Å². The van der Waals surface area contributed by atoms with E-state index in [4.69, 9.17) is 58.4 Å². The van der Waals surface area contributed by atoms with Crippen LogP contribution in [0.1, 0.15) is 39.0 Å². The number of fused-ring (bicyclic) bond motifs is 1. The molecule has 0 aliphatic carbocycles. The number of hydrogen-bond donors (Lipinski definition) is 0. The van der Waals surface area contributed by atoms with Crippen molar-refractivity contribution in [3.63, 3.8) is 0 Å². The lowest BCUT2D eigenvalue weighted by Crippen LogP contribution is -2.66. The Morgan fingerprint density at radius 3 is 1.98 bits per heavy atom. The molecule has 42 heavy (non-hydrogen) atoms. The number of rotatable bonds is 8. The first kappa shape index (κ1) is 32.2. The first-order valence-electron chi connectivity index (χ1n) is 14.0. The topological polar surface area (TPSA) is 49.3 Å². The van der Waals surface area contributed by atoms with Gasteiger partial charge in [0.1, 0.15) is 6.10 Å². The van der Waals surface area contributed by atoms with Crippen LogP contribution in [0.5, 0.6) is 0 Å². The molecular formula is C32H35Cl3INO4Si. The Balaban J connectivity index is 1.41. The van der Waals surface area contributed by atoms with Crippen LogP contribution in [0.15, 0.2) is 96.0 Å². The molecule has 2 aliphatic rings. The van der Waals surface area contributed by atoms with Crippen LogP contribution in [0.4, 0.5) is 0 Å². The van der Waals surface area contributed by atoms with Gasteiger partial charge in [-0.05, 0) is 21.8 Å². The van der Waals surface area contributed by atoms with Crippen LogP contribution in [0.3, 0.4) is 0 Å². The summed E-state index contributed by atoms with van der Waals surface area (Å²) in [5, 5.41) is 2.37. The second-order valence-corrected chi connectivity index (χ2v) is 19.8. The number of nitrogens with zero attached hydrogens (tertiary/aromatic N) is 1. The monoisotopic (exact) mass is 757 g/mol. The summed E-state index contributed by atoms with van der Waals surface area (Å²) in [6, 6.07) is 30.8. The molecule has 0 radical (unpaired) electrons. The van der Waals surface area contributed by atoms with Crippen molar-refractivity contribution in [1.29, 1.82) is 0 Å². The Morgan fingerprint density at radius 2 is 1.45 bits per heavy atom. The second kappa shape index (κ2) is 13.4. The van der Waals surface area contributed by atoms with Crippen LogP contribution in [0, 0.1) is 0 Å². The third kappa shape index (κ3) is 6.89. The zero-order chi connectivity index (χ0) is 30.0. The van der Waals surface area contributed by atoms with Gasteiger partial charge in [-0.1, -0.05) is 169 Å². The summed E-state index contributed by atoms with van der Waals surface area (Å²) in [5.41, 5.74) is 0.936. The molecule has 0 aromatic heterocycles. The van der Waals surface area contributed by atoms with Crippen LogP contribution in [0.2, 0.25) is 5.04 Å². The van der Waals surface area contributed by atoms with Crippen molar-refractivity contribution in [2.45, 2.75) is 64.5 Å². The number of benzene rings is 3. The molecule has 5 rings (SSSR count). The van der Waals surface area contributed by atoms with E-state index in [0.717, 1.165) is 12.0 Å². The van der Waals surface area contributed by atoms with Crippen molar-refractivity contribution in [2.75, 3.05) is 13.2 Å². The zero-order valence-electron chi connectivity index (χ0n) is 23.8. The molecule has 5 atom stereocenters. The summed E-state index contributed by atoms with van der Waals surface area (Å²) in [6.07, 6.45) is -0.640. The minimum atomic E-state index is -2.68. The summed E-state index contributed by atoms with van der Waals surface area (Å²) >= 11 is 21.2. The van der Waals surface area contributed by atoms with Gasteiger partial charge < -0.3 is 18.6 Å². The molecule has 1 saturated heterocycles. The fourth-order valence-electron chi connectivity index (χ4n) is 5.80. The van der Waals surface area contributed by atoms with E-state index in [1.807, 2.05) is 30.3 Å². The van der Waals surface area contributed by atoms with Gasteiger partial charge in [0.25, 0.3) is 12.1 Å². The quantitative estimate of drug-likeness (QED) is 0.137. The number of hydrogen-bond acceptors (Lipinski definition) is 5. The van der Waals surface area contributed by atoms with Crippen LogP contribution >= 0.6 is 57.4 Å². The minimum Gasteiger partial charge on any atom is -0.469 e. The highest BCUT2D eigenvalue weighted by Crippen LogP contribution is 2.40. The van der Waals surface area contributed by atoms with Crippen molar-refractivity contribution >= 4 is 82.0 Å². The number of alkyl halides is 4. The van der Waals surface area contributed by atoms with Crippen LogP contribution in [-0.2, 0) is 18.6 Å². The fraction of sp³-hybridized carbons (Fsp3) is 0.406. The molecule has 2 heterocycles. The molecule has 3 aromatic carbocycles. The minimum absolute atomic E-state index is 0.00842. The molecule has 10 heteroatoms. The van der Waals surface area contributed by atoms with E-state index in [1.54, 1.807) is 0 Å². The number of aliphatic imine (C=N–C) groups is 1. The van der Waals surface area contributed by atoms with Gasteiger partial charge in [-0.3, -0.25) is 0 Å². The molecule has 0 spiro atoms. The van der Waals surface area contributed by atoms with E-state index in [1.165, 1.54) is 10.4 Å². The molecule has 3 aromatic rings. The Kier molecular flexibility index (Phi) is 10.3. The standard InChI is InChI=1S/C32H35Cl3INO4Si/c1-31(2,3)42(23-15-9-5-10-16-23,24-17-11-6-12-18-24)39-20-19-25(36)27-28-26(40-30(37-27)32(33,34)35)21-38-29(41-28)22-13-7-4-8-14-22/h4-18,25-29H,19-21H2,1-3H3/t25-,26-,27+,28+,29+/m1/s1. The third-order valence-corrected chi connectivity index (χ3v) is 14.6. The maximum Gasteiger partial charge on any atom is 0.266 e. The van der Waals surface area contributed by atoms with Gasteiger partial charge in [0.2, 0.25) is 5.90 Å². The molecule has 0 unspecified atom stereocenters. The van der Waals surface area contributed by atoms with Gasteiger partial charge in [0, 0.05) is 16.1 Å². The first-order valence-corrected chi connectivity index (χ1v) is 18.3. The second-order valence-electron chi connectivity index (χ2n) is 11.6. The van der Waals surface area contributed by atoms with E-state index in [0.29, 0.717) is 13.2 Å². The lowest BCUT2D eigenvalue weighted by Gasteiger charge is -2.45. The normalized spacial score (nSPS) is 23.8. The van der Waals surface area contributed by atoms with Gasteiger partial charge >= 0.3 is 0 Å². The Bertz CT molecular complexity index is 1300. The summed E-state index contributed by atoms with van der Waals surface area (Å²) in [6.45, 7) is 7.66. The fourth-order valence-corrected chi connectivity index (χ4v) is 11.5. The van der Waals surface area contributed by atoms with E-state index in [2.05, 4.69) is 104 Å². The van der Waals surface area contributed by atoms with E-state index in [9.17, 15) is 0 Å². The summed E-state index contributed by atoms with van der Waals surface area (Å²) in [4.78, 5) is 4.81. The molecule has 0 saturated carbocycles. The van der Waals surface area contributed by atoms with Gasteiger partial charge in [-0.2, -0.15) is 0 Å². The Labute approximate surface area is 278 Å². The SMILES string of the molecule is CC(C)(C)[Si](OCC[C@@H](I)[C@@H]1N=C(C(Cl)(Cl)Cl)O[C@@H]2CO[C@H](c3ccccc3)O[C@H]12)(c1ccccc1)c1ccccc1. The van der Waals surface area contributed by atoms with Crippen molar-refractivity contribution < 1.29 is 18.6 Å². The van der Waals surface area contributed by atoms with Gasteiger partial charge in [-0.15, -0.1) is 0 Å². The lowest BCUT2D eigenvalue weighted by molar-refractivity contribution is -0.261. The zero-order valence-corrected chi connectivity index (χ0v) is 29.2. The number of halogens is 4. The molecule has 0 amide bonds. The maximum absolute atomic E-state index is 7.16. The van der Waals surface area contributed by atoms with Crippen LogP contribution in [-0.4, -0.2) is 53.4 Å². The molecular weight excluding hydrogens is 724 g/mol. The summed E-state index contributed by atoms with van der Waals surface area (Å²) in [7, 11) is -2.68. The average molecular weight is 759 g/mol. The molecule has 5 nitrogen and oxygen atoms in total.